The maximum absolute atomic E-state index is 10.7. The van der Waals surface area contributed by atoms with Gasteiger partial charge in [-0.3, -0.25) is 0 Å². The zero-order chi connectivity index (χ0) is 11.7. The van der Waals surface area contributed by atoms with E-state index in [1.54, 1.807) is 6.07 Å². The van der Waals surface area contributed by atoms with E-state index < -0.39 is 5.97 Å². The van der Waals surface area contributed by atoms with Crippen molar-refractivity contribution in [2.75, 3.05) is 18.1 Å². The third-order valence-corrected chi connectivity index (χ3v) is 3.16. The number of aliphatic hydroxyl groups excluding tert-OH is 1. The van der Waals surface area contributed by atoms with Crippen molar-refractivity contribution in [3.05, 3.63) is 17.9 Å². The van der Waals surface area contributed by atoms with Crippen molar-refractivity contribution < 1.29 is 19.4 Å². The Kier molecular flexibility index (Phi) is 2.87. The number of furan rings is 1. The van der Waals surface area contributed by atoms with E-state index in [1.807, 2.05) is 4.90 Å². The van der Waals surface area contributed by atoms with Crippen molar-refractivity contribution in [2.45, 2.75) is 19.4 Å². The quantitative estimate of drug-likeness (QED) is 0.808. The Morgan fingerprint density at radius 1 is 1.62 bits per heavy atom. The van der Waals surface area contributed by atoms with E-state index in [9.17, 15) is 9.90 Å². The fraction of sp³-hybridized carbons (Fsp3) is 0.545. The summed E-state index contributed by atoms with van der Waals surface area (Å²) in [6.45, 7) is 2.92. The molecule has 0 bridgehead atoms. The Morgan fingerprint density at radius 3 is 2.94 bits per heavy atom. The van der Waals surface area contributed by atoms with Crippen LogP contribution in [0.2, 0.25) is 0 Å². The first kappa shape index (κ1) is 11.0. The summed E-state index contributed by atoms with van der Waals surface area (Å²) in [6.07, 6.45) is 0.980. The molecule has 2 unspecified atom stereocenters. The van der Waals surface area contributed by atoms with Crippen molar-refractivity contribution in [3.8, 4) is 0 Å². The van der Waals surface area contributed by atoms with Gasteiger partial charge in [-0.1, -0.05) is 6.92 Å². The Balaban J connectivity index is 2.20. The molecule has 2 heterocycles. The number of carboxylic acid groups (broad SMARTS) is 1. The van der Waals surface area contributed by atoms with Gasteiger partial charge in [-0.25, -0.2) is 4.79 Å². The SMILES string of the molecule is CC1CCN(c2ccc(C(=O)O)o2)C1CO. The molecule has 16 heavy (non-hydrogen) atoms. The van der Waals surface area contributed by atoms with Crippen molar-refractivity contribution in [2.24, 2.45) is 5.92 Å². The van der Waals surface area contributed by atoms with Gasteiger partial charge in [0.05, 0.1) is 12.6 Å². The van der Waals surface area contributed by atoms with Crippen LogP contribution in [0.25, 0.3) is 0 Å². The van der Waals surface area contributed by atoms with E-state index in [-0.39, 0.29) is 18.4 Å². The number of aromatic carboxylic acids is 1. The number of carboxylic acids is 1. The molecule has 2 rings (SSSR count). The smallest absolute Gasteiger partial charge is 0.371 e. The van der Waals surface area contributed by atoms with Crippen LogP contribution in [0, 0.1) is 5.92 Å². The van der Waals surface area contributed by atoms with Crippen LogP contribution in [0.15, 0.2) is 16.5 Å². The standard InChI is InChI=1S/C11H15NO4/c1-7-4-5-12(8(7)6-13)10-3-2-9(16-10)11(14)15/h2-3,7-8,13H,4-6H2,1H3,(H,14,15). The summed E-state index contributed by atoms with van der Waals surface area (Å²) in [4.78, 5) is 12.6. The van der Waals surface area contributed by atoms with Gasteiger partial charge in [0, 0.05) is 12.6 Å². The highest BCUT2D eigenvalue weighted by Crippen LogP contribution is 2.30. The van der Waals surface area contributed by atoms with Gasteiger partial charge in [0.2, 0.25) is 5.76 Å². The minimum atomic E-state index is -1.07. The Labute approximate surface area is 93.3 Å². The molecule has 0 aliphatic carbocycles. The van der Waals surface area contributed by atoms with Gasteiger partial charge in [0.25, 0.3) is 0 Å². The summed E-state index contributed by atoms with van der Waals surface area (Å²) in [5.41, 5.74) is 0. The molecule has 0 spiro atoms. The number of aliphatic hydroxyl groups is 1. The average molecular weight is 225 g/mol. The van der Waals surface area contributed by atoms with Crippen LogP contribution < -0.4 is 4.90 Å². The first-order valence-electron chi connectivity index (χ1n) is 5.34. The summed E-state index contributed by atoms with van der Waals surface area (Å²) in [5.74, 6) is -0.213. The third kappa shape index (κ3) is 1.78. The first-order chi connectivity index (χ1) is 7.63. The van der Waals surface area contributed by atoms with Crippen LogP contribution in [0.3, 0.4) is 0 Å². The van der Waals surface area contributed by atoms with Gasteiger partial charge in [0.1, 0.15) is 0 Å². The number of hydrogen-bond donors (Lipinski definition) is 2. The molecule has 0 radical (unpaired) electrons. The van der Waals surface area contributed by atoms with E-state index >= 15 is 0 Å². The monoisotopic (exact) mass is 225 g/mol. The van der Waals surface area contributed by atoms with Crippen molar-refractivity contribution in [3.63, 3.8) is 0 Å². The topological polar surface area (TPSA) is 73.9 Å². The van der Waals surface area contributed by atoms with E-state index in [2.05, 4.69) is 6.92 Å². The molecule has 1 fully saturated rings. The molecular formula is C11H15NO4. The molecule has 1 aromatic rings. The van der Waals surface area contributed by atoms with Crippen LogP contribution in [0.1, 0.15) is 23.9 Å². The Bertz CT molecular complexity index is 387. The molecule has 1 aromatic heterocycles. The molecule has 1 aliphatic heterocycles. The predicted molar refractivity (Wildman–Crippen MR) is 57.7 cm³/mol. The fourth-order valence-electron chi connectivity index (χ4n) is 2.16. The number of anilines is 1. The summed E-state index contributed by atoms with van der Waals surface area (Å²) in [7, 11) is 0. The predicted octanol–water partition coefficient (Wildman–Crippen LogP) is 1.18. The van der Waals surface area contributed by atoms with Gasteiger partial charge >= 0.3 is 5.97 Å². The minimum Gasteiger partial charge on any atom is -0.475 e. The van der Waals surface area contributed by atoms with Crippen LogP contribution in [0.4, 0.5) is 5.88 Å². The van der Waals surface area contributed by atoms with E-state index in [0.29, 0.717) is 11.8 Å². The van der Waals surface area contributed by atoms with Gasteiger partial charge < -0.3 is 19.5 Å². The molecular weight excluding hydrogens is 210 g/mol. The van der Waals surface area contributed by atoms with Crippen LogP contribution in [-0.4, -0.2) is 35.4 Å². The summed E-state index contributed by atoms with van der Waals surface area (Å²) in [6, 6.07) is 3.10. The second-order valence-corrected chi connectivity index (χ2v) is 4.15. The van der Waals surface area contributed by atoms with Crippen LogP contribution >= 0.6 is 0 Å². The number of carbonyl (C=O) groups is 1. The van der Waals surface area contributed by atoms with Crippen LogP contribution in [0.5, 0.6) is 0 Å². The lowest BCUT2D eigenvalue weighted by atomic mass is 10.0. The average Bonchev–Trinajstić information content (AvgIpc) is 2.83. The summed E-state index contributed by atoms with van der Waals surface area (Å²) in [5, 5.41) is 18.0. The highest BCUT2D eigenvalue weighted by Gasteiger charge is 2.32. The third-order valence-electron chi connectivity index (χ3n) is 3.16. The van der Waals surface area contributed by atoms with Gasteiger partial charge in [0.15, 0.2) is 5.88 Å². The Hall–Kier alpha value is -1.49. The van der Waals surface area contributed by atoms with Gasteiger partial charge in [-0.2, -0.15) is 0 Å². The van der Waals surface area contributed by atoms with Crippen molar-refractivity contribution in [1.29, 1.82) is 0 Å². The normalized spacial score (nSPS) is 25.0. The molecule has 1 aliphatic rings. The van der Waals surface area contributed by atoms with E-state index in [4.69, 9.17) is 9.52 Å². The largest absolute Gasteiger partial charge is 0.475 e. The van der Waals surface area contributed by atoms with Crippen molar-refractivity contribution >= 4 is 11.9 Å². The van der Waals surface area contributed by atoms with Gasteiger partial charge in [-0.15, -0.1) is 0 Å². The lowest BCUT2D eigenvalue weighted by Gasteiger charge is -2.24. The zero-order valence-electron chi connectivity index (χ0n) is 9.09. The lowest BCUT2D eigenvalue weighted by molar-refractivity contribution is 0.0663. The molecule has 2 N–H and O–H groups in total. The van der Waals surface area contributed by atoms with Gasteiger partial charge in [-0.05, 0) is 18.4 Å². The molecule has 88 valence electrons. The number of nitrogens with zero attached hydrogens (tertiary/aromatic N) is 1. The van der Waals surface area contributed by atoms with Crippen LogP contribution in [-0.2, 0) is 0 Å². The van der Waals surface area contributed by atoms with E-state index in [0.717, 1.165) is 13.0 Å². The minimum absolute atomic E-state index is 0.0211. The first-order valence-corrected chi connectivity index (χ1v) is 5.34. The van der Waals surface area contributed by atoms with E-state index in [1.165, 1.54) is 6.07 Å². The fourth-order valence-corrected chi connectivity index (χ4v) is 2.16. The highest BCUT2D eigenvalue weighted by molar-refractivity contribution is 5.84. The molecule has 2 atom stereocenters. The highest BCUT2D eigenvalue weighted by atomic mass is 16.4. The molecule has 0 amide bonds. The number of rotatable bonds is 3. The zero-order valence-corrected chi connectivity index (χ0v) is 9.09. The lowest BCUT2D eigenvalue weighted by Crippen LogP contribution is -2.34. The maximum atomic E-state index is 10.7. The molecule has 0 saturated carbocycles. The molecule has 0 aromatic carbocycles. The second-order valence-electron chi connectivity index (χ2n) is 4.15. The molecule has 5 nitrogen and oxygen atoms in total. The number of hydrogen-bond acceptors (Lipinski definition) is 4. The summed E-state index contributed by atoms with van der Waals surface area (Å²) >= 11 is 0. The summed E-state index contributed by atoms with van der Waals surface area (Å²) < 4.78 is 5.22. The molecule has 5 heteroatoms. The van der Waals surface area contributed by atoms with Crippen molar-refractivity contribution in [1.82, 2.24) is 0 Å². The maximum Gasteiger partial charge on any atom is 0.371 e. The Morgan fingerprint density at radius 2 is 2.38 bits per heavy atom. The second kappa shape index (κ2) is 4.17. The molecule has 1 saturated heterocycles.